The lowest BCUT2D eigenvalue weighted by atomic mass is 10.1. The molecule has 0 spiro atoms. The minimum Gasteiger partial charge on any atom is -0.394 e. The molecular formula is C14H24N2O. The maximum Gasteiger partial charge on any atom is 0.0632 e. The van der Waals surface area contributed by atoms with Gasteiger partial charge in [-0.1, -0.05) is 19.1 Å². The van der Waals surface area contributed by atoms with E-state index in [1.165, 1.54) is 16.8 Å². The van der Waals surface area contributed by atoms with Gasteiger partial charge < -0.3 is 15.3 Å². The van der Waals surface area contributed by atoms with E-state index in [0.29, 0.717) is 0 Å². The van der Waals surface area contributed by atoms with Gasteiger partial charge >= 0.3 is 0 Å². The summed E-state index contributed by atoms with van der Waals surface area (Å²) in [6.45, 7) is 8.32. The van der Waals surface area contributed by atoms with Gasteiger partial charge in [0.2, 0.25) is 0 Å². The fourth-order valence-corrected chi connectivity index (χ4v) is 1.85. The summed E-state index contributed by atoms with van der Waals surface area (Å²) in [5.74, 6) is 0. The van der Waals surface area contributed by atoms with Crippen molar-refractivity contribution in [1.29, 1.82) is 0 Å². The lowest BCUT2D eigenvalue weighted by Crippen LogP contribution is -2.32. The van der Waals surface area contributed by atoms with Crippen LogP contribution in [0.15, 0.2) is 18.2 Å². The number of anilines is 1. The van der Waals surface area contributed by atoms with Crippen LogP contribution in [0.1, 0.15) is 25.0 Å². The van der Waals surface area contributed by atoms with Crippen molar-refractivity contribution >= 4 is 5.69 Å². The Labute approximate surface area is 104 Å². The normalized spacial score (nSPS) is 12.5. The van der Waals surface area contributed by atoms with Gasteiger partial charge in [-0.25, -0.2) is 0 Å². The Morgan fingerprint density at radius 3 is 2.65 bits per heavy atom. The molecule has 0 radical (unpaired) electrons. The van der Waals surface area contributed by atoms with Gasteiger partial charge in [0.15, 0.2) is 0 Å². The summed E-state index contributed by atoms with van der Waals surface area (Å²) in [5, 5.41) is 12.5. The van der Waals surface area contributed by atoms with Crippen molar-refractivity contribution < 1.29 is 5.11 Å². The Kier molecular flexibility index (Phi) is 5.45. The molecule has 3 nitrogen and oxygen atoms in total. The van der Waals surface area contributed by atoms with Crippen molar-refractivity contribution in [3.05, 3.63) is 29.3 Å². The second-order valence-electron chi connectivity index (χ2n) is 4.54. The molecule has 0 saturated carbocycles. The van der Waals surface area contributed by atoms with Gasteiger partial charge in [0.1, 0.15) is 0 Å². The van der Waals surface area contributed by atoms with Crippen LogP contribution in [0.3, 0.4) is 0 Å². The predicted octanol–water partition coefficient (Wildman–Crippen LogP) is 1.92. The Morgan fingerprint density at radius 1 is 1.41 bits per heavy atom. The Morgan fingerprint density at radius 2 is 2.12 bits per heavy atom. The molecule has 1 unspecified atom stereocenters. The predicted molar refractivity (Wildman–Crippen MR) is 73.5 cm³/mol. The number of hydrogen-bond donors (Lipinski definition) is 2. The molecule has 0 saturated heterocycles. The molecule has 1 rings (SSSR count). The zero-order valence-corrected chi connectivity index (χ0v) is 11.3. The lowest BCUT2D eigenvalue weighted by molar-refractivity contribution is 0.270. The van der Waals surface area contributed by atoms with E-state index >= 15 is 0 Å². The second kappa shape index (κ2) is 6.62. The summed E-state index contributed by atoms with van der Waals surface area (Å²) in [7, 11) is 2.02. The molecule has 0 fully saturated rings. The molecule has 96 valence electrons. The van der Waals surface area contributed by atoms with Crippen LogP contribution in [0.4, 0.5) is 5.69 Å². The second-order valence-corrected chi connectivity index (χ2v) is 4.54. The van der Waals surface area contributed by atoms with E-state index in [4.69, 9.17) is 0 Å². The number of hydrogen-bond acceptors (Lipinski definition) is 3. The fraction of sp³-hybridized carbons (Fsp3) is 0.571. The van der Waals surface area contributed by atoms with E-state index in [1.807, 2.05) is 14.0 Å². The van der Waals surface area contributed by atoms with Gasteiger partial charge in [-0.3, -0.25) is 0 Å². The van der Waals surface area contributed by atoms with Crippen LogP contribution in [0.5, 0.6) is 0 Å². The smallest absolute Gasteiger partial charge is 0.0632 e. The van der Waals surface area contributed by atoms with E-state index in [1.54, 1.807) is 0 Å². The molecule has 3 heteroatoms. The topological polar surface area (TPSA) is 35.5 Å². The first kappa shape index (κ1) is 14.0. The summed E-state index contributed by atoms with van der Waals surface area (Å²) in [5.41, 5.74) is 3.74. The molecule has 0 aliphatic heterocycles. The van der Waals surface area contributed by atoms with E-state index < -0.39 is 0 Å². The molecule has 0 aromatic heterocycles. The molecule has 1 aromatic rings. The molecule has 0 amide bonds. The third-order valence-corrected chi connectivity index (χ3v) is 3.15. The average molecular weight is 236 g/mol. The Balaban J connectivity index is 2.82. The zero-order valence-electron chi connectivity index (χ0n) is 11.3. The maximum atomic E-state index is 9.18. The largest absolute Gasteiger partial charge is 0.394 e. The number of nitrogens with zero attached hydrogens (tertiary/aromatic N) is 1. The quantitative estimate of drug-likeness (QED) is 0.792. The van der Waals surface area contributed by atoms with Crippen molar-refractivity contribution in [2.45, 2.75) is 33.4 Å². The minimum absolute atomic E-state index is 0.147. The van der Waals surface area contributed by atoms with Gasteiger partial charge in [0, 0.05) is 25.3 Å². The summed E-state index contributed by atoms with van der Waals surface area (Å²) < 4.78 is 0. The molecule has 2 N–H and O–H groups in total. The van der Waals surface area contributed by atoms with E-state index in [9.17, 15) is 5.11 Å². The SMILES string of the molecule is CCNCc1ccc(N(C)C(C)CO)c(C)c1. The maximum absolute atomic E-state index is 9.18. The molecular weight excluding hydrogens is 212 g/mol. The van der Waals surface area contributed by atoms with Gasteiger partial charge in [-0.15, -0.1) is 0 Å². The third kappa shape index (κ3) is 3.72. The van der Waals surface area contributed by atoms with Crippen molar-refractivity contribution in [3.8, 4) is 0 Å². The van der Waals surface area contributed by atoms with Crippen molar-refractivity contribution in [2.75, 3.05) is 25.1 Å². The number of aryl methyl sites for hydroxylation is 1. The highest BCUT2D eigenvalue weighted by atomic mass is 16.3. The van der Waals surface area contributed by atoms with Crippen molar-refractivity contribution in [2.24, 2.45) is 0 Å². The average Bonchev–Trinajstić information content (AvgIpc) is 2.34. The van der Waals surface area contributed by atoms with E-state index in [2.05, 4.69) is 42.3 Å². The number of aliphatic hydroxyl groups is 1. The molecule has 0 bridgehead atoms. The standard InChI is InChI=1S/C14H24N2O/c1-5-15-9-13-6-7-14(11(2)8-13)16(4)12(3)10-17/h6-8,12,15,17H,5,9-10H2,1-4H3. The van der Waals surface area contributed by atoms with Crippen LogP contribution in [0, 0.1) is 6.92 Å². The first-order valence-corrected chi connectivity index (χ1v) is 6.24. The molecule has 17 heavy (non-hydrogen) atoms. The number of likely N-dealkylation sites (N-methyl/N-ethyl adjacent to an activating group) is 1. The highest BCUT2D eigenvalue weighted by molar-refractivity contribution is 5.54. The zero-order chi connectivity index (χ0) is 12.8. The highest BCUT2D eigenvalue weighted by Crippen LogP contribution is 2.21. The first-order valence-electron chi connectivity index (χ1n) is 6.24. The number of rotatable bonds is 6. The van der Waals surface area contributed by atoms with Crippen molar-refractivity contribution in [3.63, 3.8) is 0 Å². The van der Waals surface area contributed by atoms with Gasteiger partial charge in [-0.05, 0) is 37.6 Å². The van der Waals surface area contributed by atoms with Crippen LogP contribution < -0.4 is 10.2 Å². The molecule has 0 aliphatic rings. The monoisotopic (exact) mass is 236 g/mol. The fourth-order valence-electron chi connectivity index (χ4n) is 1.85. The highest BCUT2D eigenvalue weighted by Gasteiger charge is 2.11. The molecule has 0 aliphatic carbocycles. The molecule has 0 heterocycles. The number of nitrogens with one attached hydrogen (secondary N) is 1. The summed E-state index contributed by atoms with van der Waals surface area (Å²) in [6, 6.07) is 6.63. The van der Waals surface area contributed by atoms with E-state index in [0.717, 1.165) is 13.1 Å². The summed E-state index contributed by atoms with van der Waals surface area (Å²) in [6.07, 6.45) is 0. The number of benzene rings is 1. The van der Waals surface area contributed by atoms with Crippen LogP contribution in [-0.2, 0) is 6.54 Å². The van der Waals surface area contributed by atoms with Crippen LogP contribution in [0.25, 0.3) is 0 Å². The molecule has 1 aromatic carbocycles. The molecule has 1 atom stereocenters. The van der Waals surface area contributed by atoms with E-state index in [-0.39, 0.29) is 12.6 Å². The first-order chi connectivity index (χ1) is 8.10. The lowest BCUT2D eigenvalue weighted by Gasteiger charge is -2.27. The van der Waals surface area contributed by atoms with Crippen molar-refractivity contribution in [1.82, 2.24) is 5.32 Å². The summed E-state index contributed by atoms with van der Waals surface area (Å²) in [4.78, 5) is 2.12. The Bertz CT molecular complexity index is 352. The number of aliphatic hydroxyl groups excluding tert-OH is 1. The van der Waals surface area contributed by atoms with Gasteiger partial charge in [0.25, 0.3) is 0 Å². The van der Waals surface area contributed by atoms with Crippen LogP contribution >= 0.6 is 0 Å². The third-order valence-electron chi connectivity index (χ3n) is 3.15. The minimum atomic E-state index is 0.147. The summed E-state index contributed by atoms with van der Waals surface area (Å²) >= 11 is 0. The van der Waals surface area contributed by atoms with Crippen LogP contribution in [0.2, 0.25) is 0 Å². The van der Waals surface area contributed by atoms with Crippen LogP contribution in [-0.4, -0.2) is 31.3 Å². The van der Waals surface area contributed by atoms with Gasteiger partial charge in [-0.2, -0.15) is 0 Å². The Hall–Kier alpha value is -1.06. The van der Waals surface area contributed by atoms with Gasteiger partial charge in [0.05, 0.1) is 6.61 Å².